The second-order valence-electron chi connectivity index (χ2n) is 6.67. The van der Waals surface area contributed by atoms with Gasteiger partial charge in [0.25, 0.3) is 0 Å². The number of nitrogens with zero attached hydrogens (tertiary/aromatic N) is 2. The van der Waals surface area contributed by atoms with Crippen molar-refractivity contribution in [1.29, 1.82) is 0 Å². The molecule has 0 spiro atoms. The SMILES string of the molecule is CN=C(NCC(C)N(C)Cc1ccccc1)NC(C)CCS(C)(=O)=O.I. The van der Waals surface area contributed by atoms with Gasteiger partial charge in [-0.1, -0.05) is 30.3 Å². The average molecular weight is 496 g/mol. The monoisotopic (exact) mass is 496 g/mol. The minimum absolute atomic E-state index is 0. The molecule has 0 radical (unpaired) electrons. The predicted molar refractivity (Wildman–Crippen MR) is 121 cm³/mol. The largest absolute Gasteiger partial charge is 0.355 e. The van der Waals surface area contributed by atoms with Crippen molar-refractivity contribution >= 4 is 39.8 Å². The van der Waals surface area contributed by atoms with Crippen LogP contribution < -0.4 is 10.6 Å². The van der Waals surface area contributed by atoms with E-state index in [9.17, 15) is 8.42 Å². The van der Waals surface area contributed by atoms with Crippen LogP contribution in [0, 0.1) is 0 Å². The molecule has 2 unspecified atom stereocenters. The molecule has 8 heteroatoms. The number of benzene rings is 1. The molecule has 0 saturated carbocycles. The third kappa shape index (κ3) is 11.0. The van der Waals surface area contributed by atoms with Crippen LogP contribution in [0.2, 0.25) is 0 Å². The van der Waals surface area contributed by atoms with E-state index in [4.69, 9.17) is 0 Å². The second kappa shape index (κ2) is 12.5. The number of likely N-dealkylation sites (N-methyl/N-ethyl adjacent to an activating group) is 1. The molecule has 2 atom stereocenters. The Hall–Kier alpha value is -0.870. The van der Waals surface area contributed by atoms with Gasteiger partial charge in [-0.2, -0.15) is 0 Å². The lowest BCUT2D eigenvalue weighted by molar-refractivity contribution is 0.249. The Labute approximate surface area is 175 Å². The van der Waals surface area contributed by atoms with E-state index in [0.717, 1.165) is 13.1 Å². The summed E-state index contributed by atoms with van der Waals surface area (Å²) >= 11 is 0. The Bertz CT molecular complexity index is 638. The van der Waals surface area contributed by atoms with E-state index in [1.807, 2.05) is 13.0 Å². The van der Waals surface area contributed by atoms with Crippen molar-refractivity contribution in [3.8, 4) is 0 Å². The molecule has 26 heavy (non-hydrogen) atoms. The molecule has 0 bridgehead atoms. The van der Waals surface area contributed by atoms with Crippen LogP contribution in [0.5, 0.6) is 0 Å². The maximum Gasteiger partial charge on any atom is 0.191 e. The lowest BCUT2D eigenvalue weighted by Gasteiger charge is -2.26. The first-order valence-corrected chi connectivity index (χ1v) is 10.7. The first kappa shape index (κ1) is 25.1. The standard InChI is InChI=1S/C18H32N4O2S.HI/c1-15(11-12-25(5,23)24)21-18(19-3)20-13-16(2)22(4)14-17-9-7-6-8-10-17;/h6-10,15-16H,11-14H2,1-5H3,(H2,19,20,21);1H. The molecule has 0 amide bonds. The Morgan fingerprint density at radius 3 is 2.38 bits per heavy atom. The van der Waals surface area contributed by atoms with Crippen LogP contribution in [-0.4, -0.2) is 64.0 Å². The highest BCUT2D eigenvalue weighted by atomic mass is 127. The third-order valence-electron chi connectivity index (χ3n) is 4.12. The highest BCUT2D eigenvalue weighted by Crippen LogP contribution is 2.05. The van der Waals surface area contributed by atoms with Crippen molar-refractivity contribution < 1.29 is 8.42 Å². The molecule has 0 aliphatic rings. The van der Waals surface area contributed by atoms with Crippen LogP contribution in [0.25, 0.3) is 0 Å². The van der Waals surface area contributed by atoms with Gasteiger partial charge >= 0.3 is 0 Å². The van der Waals surface area contributed by atoms with Crippen molar-refractivity contribution in [3.63, 3.8) is 0 Å². The molecule has 0 aliphatic heterocycles. The third-order valence-corrected chi connectivity index (χ3v) is 5.10. The first-order chi connectivity index (χ1) is 11.7. The summed E-state index contributed by atoms with van der Waals surface area (Å²) in [6.45, 7) is 5.77. The lowest BCUT2D eigenvalue weighted by atomic mass is 10.2. The fraction of sp³-hybridized carbons (Fsp3) is 0.611. The van der Waals surface area contributed by atoms with Gasteiger partial charge in [-0.15, -0.1) is 24.0 Å². The molecule has 1 aromatic rings. The Balaban J connectivity index is 0.00000625. The van der Waals surface area contributed by atoms with Gasteiger partial charge in [-0.3, -0.25) is 9.89 Å². The molecule has 1 rings (SSSR count). The van der Waals surface area contributed by atoms with Gasteiger partial charge in [-0.25, -0.2) is 8.42 Å². The average Bonchev–Trinajstić information content (AvgIpc) is 2.56. The number of halogens is 1. The van der Waals surface area contributed by atoms with E-state index >= 15 is 0 Å². The number of nitrogens with one attached hydrogen (secondary N) is 2. The highest BCUT2D eigenvalue weighted by molar-refractivity contribution is 14.0. The van der Waals surface area contributed by atoms with E-state index < -0.39 is 9.84 Å². The minimum atomic E-state index is -2.94. The molecular formula is C18H33IN4O2S. The predicted octanol–water partition coefficient (Wildman–Crippen LogP) is 2.11. The zero-order valence-electron chi connectivity index (χ0n) is 16.4. The molecule has 6 nitrogen and oxygen atoms in total. The van der Waals surface area contributed by atoms with Crippen LogP contribution in [0.1, 0.15) is 25.8 Å². The summed E-state index contributed by atoms with van der Waals surface area (Å²) in [6.07, 6.45) is 1.82. The quantitative estimate of drug-likeness (QED) is 0.311. The van der Waals surface area contributed by atoms with Crippen molar-refractivity contribution in [3.05, 3.63) is 35.9 Å². The normalized spacial score (nSPS) is 14.5. The van der Waals surface area contributed by atoms with Crippen LogP contribution in [0.15, 0.2) is 35.3 Å². The fourth-order valence-electron chi connectivity index (χ4n) is 2.32. The number of guanidine groups is 1. The first-order valence-electron chi connectivity index (χ1n) is 8.60. The van der Waals surface area contributed by atoms with E-state index in [2.05, 4.69) is 58.8 Å². The minimum Gasteiger partial charge on any atom is -0.355 e. The topological polar surface area (TPSA) is 73.8 Å². The molecule has 2 N–H and O–H groups in total. The van der Waals surface area contributed by atoms with Gasteiger partial charge < -0.3 is 10.6 Å². The van der Waals surface area contributed by atoms with E-state index in [1.54, 1.807) is 7.05 Å². The maximum absolute atomic E-state index is 11.3. The summed E-state index contributed by atoms with van der Waals surface area (Å²) in [4.78, 5) is 6.49. The van der Waals surface area contributed by atoms with Gasteiger partial charge in [0.05, 0.1) is 5.75 Å². The number of hydrogen-bond acceptors (Lipinski definition) is 4. The van der Waals surface area contributed by atoms with Crippen LogP contribution in [-0.2, 0) is 16.4 Å². The van der Waals surface area contributed by atoms with Crippen molar-refractivity contribution in [2.75, 3.05) is 32.6 Å². The van der Waals surface area contributed by atoms with E-state index in [0.29, 0.717) is 18.4 Å². The second-order valence-corrected chi connectivity index (χ2v) is 8.93. The molecule has 0 saturated heterocycles. The van der Waals surface area contributed by atoms with Crippen molar-refractivity contribution in [2.45, 2.75) is 38.9 Å². The summed E-state index contributed by atoms with van der Waals surface area (Å²) in [5, 5.41) is 6.55. The number of sulfone groups is 1. The van der Waals surface area contributed by atoms with Crippen LogP contribution >= 0.6 is 24.0 Å². The zero-order valence-corrected chi connectivity index (χ0v) is 19.5. The molecule has 0 aliphatic carbocycles. The summed E-state index contributed by atoms with van der Waals surface area (Å²) in [7, 11) is 0.885. The Morgan fingerprint density at radius 2 is 1.85 bits per heavy atom. The van der Waals surface area contributed by atoms with E-state index in [1.165, 1.54) is 11.8 Å². The smallest absolute Gasteiger partial charge is 0.191 e. The number of aliphatic imine (C=N–C) groups is 1. The Kier molecular flexibility index (Phi) is 12.1. The fourth-order valence-corrected chi connectivity index (χ4v) is 3.10. The van der Waals surface area contributed by atoms with E-state index in [-0.39, 0.29) is 35.8 Å². The van der Waals surface area contributed by atoms with Gasteiger partial charge in [0, 0.05) is 38.5 Å². The molecule has 0 heterocycles. The Morgan fingerprint density at radius 1 is 1.23 bits per heavy atom. The zero-order chi connectivity index (χ0) is 18.9. The van der Waals surface area contributed by atoms with Gasteiger partial charge in [-0.05, 0) is 32.9 Å². The summed E-state index contributed by atoms with van der Waals surface area (Å²) < 4.78 is 22.5. The molecule has 150 valence electrons. The summed E-state index contributed by atoms with van der Waals surface area (Å²) in [6, 6.07) is 10.7. The highest BCUT2D eigenvalue weighted by Gasteiger charge is 2.12. The molecule has 0 fully saturated rings. The van der Waals surface area contributed by atoms with Gasteiger partial charge in [0.1, 0.15) is 9.84 Å². The van der Waals surface area contributed by atoms with Crippen molar-refractivity contribution in [1.82, 2.24) is 15.5 Å². The number of rotatable bonds is 9. The van der Waals surface area contributed by atoms with Crippen LogP contribution in [0.4, 0.5) is 0 Å². The van der Waals surface area contributed by atoms with Crippen LogP contribution in [0.3, 0.4) is 0 Å². The molecular weight excluding hydrogens is 463 g/mol. The van der Waals surface area contributed by atoms with Gasteiger partial charge in [0.2, 0.25) is 0 Å². The van der Waals surface area contributed by atoms with Crippen molar-refractivity contribution in [2.24, 2.45) is 4.99 Å². The lowest BCUT2D eigenvalue weighted by Crippen LogP contribution is -2.47. The summed E-state index contributed by atoms with van der Waals surface area (Å²) in [5.74, 6) is 0.870. The number of hydrogen-bond donors (Lipinski definition) is 2. The molecule has 1 aromatic carbocycles. The van der Waals surface area contributed by atoms with Gasteiger partial charge in [0.15, 0.2) is 5.96 Å². The maximum atomic E-state index is 11.3. The summed E-state index contributed by atoms with van der Waals surface area (Å²) in [5.41, 5.74) is 1.29. The molecule has 0 aromatic heterocycles.